The Balaban J connectivity index is 1.32. The molecule has 1 N–H and O–H groups in total. The molecular weight excluding hydrogens is 334 g/mol. The van der Waals surface area contributed by atoms with Gasteiger partial charge in [0, 0.05) is 23.0 Å². The van der Waals surface area contributed by atoms with Crippen LogP contribution in [0.4, 0.5) is 0 Å². The van der Waals surface area contributed by atoms with Crippen LogP contribution in [0.25, 0.3) is 10.9 Å². The first kappa shape index (κ1) is 15.9. The third kappa shape index (κ3) is 2.56. The quantitative estimate of drug-likeness (QED) is 0.654. The number of nitrogens with zero attached hydrogens (tertiary/aromatic N) is 2. The summed E-state index contributed by atoms with van der Waals surface area (Å²) < 4.78 is 5.67. The summed E-state index contributed by atoms with van der Waals surface area (Å²) in [5.41, 5.74) is 3.05. The molecule has 1 atom stereocenters. The average molecular weight is 361 g/mol. The van der Waals surface area contributed by atoms with Crippen LogP contribution in [0.1, 0.15) is 62.3 Å². The second-order valence-corrected chi connectivity index (χ2v) is 9.51. The lowest BCUT2D eigenvalue weighted by atomic mass is 9.46. The van der Waals surface area contributed by atoms with Crippen molar-refractivity contribution in [3.63, 3.8) is 0 Å². The molecule has 4 bridgehead atoms. The van der Waals surface area contributed by atoms with Gasteiger partial charge >= 0.3 is 0 Å². The molecule has 4 aliphatic carbocycles. The molecule has 1 aromatic carbocycles. The Hall–Kier alpha value is -2.10. The van der Waals surface area contributed by atoms with E-state index >= 15 is 0 Å². The summed E-state index contributed by atoms with van der Waals surface area (Å²) in [6, 6.07) is 8.62. The van der Waals surface area contributed by atoms with Gasteiger partial charge in [0.1, 0.15) is 0 Å². The maximum absolute atomic E-state index is 5.67. The summed E-state index contributed by atoms with van der Waals surface area (Å²) in [6.07, 6.45) is 14.5. The first-order chi connectivity index (χ1) is 13.3. The van der Waals surface area contributed by atoms with Crippen molar-refractivity contribution in [1.82, 2.24) is 15.1 Å². The zero-order valence-electron chi connectivity index (χ0n) is 15.7. The van der Waals surface area contributed by atoms with E-state index in [1.807, 2.05) is 0 Å². The fraction of sp³-hybridized carbons (Fsp3) is 0.565. The average Bonchev–Trinajstić information content (AvgIpc) is 3.31. The van der Waals surface area contributed by atoms with Crippen LogP contribution in [0, 0.1) is 23.2 Å². The molecule has 27 heavy (non-hydrogen) atoms. The Morgan fingerprint density at radius 1 is 1.07 bits per heavy atom. The van der Waals surface area contributed by atoms with E-state index < -0.39 is 0 Å². The second-order valence-electron chi connectivity index (χ2n) is 9.51. The van der Waals surface area contributed by atoms with Crippen LogP contribution in [0.5, 0.6) is 0 Å². The molecule has 7 rings (SSSR count). The summed E-state index contributed by atoms with van der Waals surface area (Å²) in [5, 5.41) is 5.33. The monoisotopic (exact) mass is 361 g/mol. The molecule has 0 amide bonds. The van der Waals surface area contributed by atoms with Gasteiger partial charge in [0.2, 0.25) is 5.89 Å². The summed E-state index contributed by atoms with van der Waals surface area (Å²) in [4.78, 5) is 7.98. The van der Waals surface area contributed by atoms with Crippen molar-refractivity contribution in [2.45, 2.75) is 57.3 Å². The molecule has 0 unspecified atom stereocenters. The smallest absolute Gasteiger partial charge is 0.230 e. The van der Waals surface area contributed by atoms with E-state index in [9.17, 15) is 0 Å². The highest BCUT2D eigenvalue weighted by Gasteiger charge is 2.55. The summed E-state index contributed by atoms with van der Waals surface area (Å²) in [5.74, 6) is 4.11. The first-order valence-corrected chi connectivity index (χ1v) is 10.6. The number of benzene rings is 1. The largest absolute Gasteiger partial charge is 0.361 e. The second kappa shape index (κ2) is 5.95. The van der Waals surface area contributed by atoms with Gasteiger partial charge in [-0.3, -0.25) is 0 Å². The fourth-order valence-electron chi connectivity index (χ4n) is 7.27. The van der Waals surface area contributed by atoms with Crippen molar-refractivity contribution >= 4 is 10.9 Å². The Morgan fingerprint density at radius 3 is 2.52 bits per heavy atom. The number of H-pyrrole nitrogens is 1. The number of hydrogen-bond donors (Lipinski definition) is 1. The van der Waals surface area contributed by atoms with E-state index in [1.165, 1.54) is 55.0 Å². The van der Waals surface area contributed by atoms with Gasteiger partial charge in [-0.05, 0) is 86.2 Å². The molecule has 0 saturated heterocycles. The number of fused-ring (bicyclic) bond motifs is 1. The van der Waals surface area contributed by atoms with Crippen LogP contribution in [0.15, 0.2) is 41.3 Å². The van der Waals surface area contributed by atoms with Crippen molar-refractivity contribution < 1.29 is 4.52 Å². The number of aromatic nitrogens is 3. The van der Waals surface area contributed by atoms with E-state index in [0.29, 0.717) is 11.3 Å². The predicted molar refractivity (Wildman–Crippen MR) is 104 cm³/mol. The van der Waals surface area contributed by atoms with E-state index in [1.54, 1.807) is 6.33 Å². The van der Waals surface area contributed by atoms with Crippen molar-refractivity contribution in [3.05, 3.63) is 48.2 Å². The Morgan fingerprint density at radius 2 is 1.81 bits per heavy atom. The standard InChI is InChI=1S/C23H27N3O/c1-2-4-21-19(3-1)18(13-24-21)5-6-20(22-25-14-26-27-22)23-10-15-7-16(11-23)9-17(8-15)12-23/h1-4,13-17,20,24H,5-12H2/t15?,16?,17?,20-,23?/m1/s1. The highest BCUT2D eigenvalue weighted by atomic mass is 16.5. The lowest BCUT2D eigenvalue weighted by Crippen LogP contribution is -2.49. The lowest BCUT2D eigenvalue weighted by Gasteiger charge is -2.59. The van der Waals surface area contributed by atoms with Gasteiger partial charge in [-0.25, -0.2) is 0 Å². The highest BCUT2D eigenvalue weighted by Crippen LogP contribution is 2.65. The van der Waals surface area contributed by atoms with E-state index in [4.69, 9.17) is 4.52 Å². The molecule has 2 aromatic heterocycles. The highest BCUT2D eigenvalue weighted by molar-refractivity contribution is 5.83. The zero-order valence-corrected chi connectivity index (χ0v) is 15.7. The Kier molecular flexibility index (Phi) is 3.51. The van der Waals surface area contributed by atoms with E-state index in [2.05, 4.69) is 45.6 Å². The predicted octanol–water partition coefficient (Wildman–Crippen LogP) is 5.48. The van der Waals surface area contributed by atoms with Gasteiger partial charge < -0.3 is 9.51 Å². The van der Waals surface area contributed by atoms with E-state index in [-0.39, 0.29) is 0 Å². The molecule has 4 nitrogen and oxygen atoms in total. The van der Waals surface area contributed by atoms with Crippen LogP contribution < -0.4 is 0 Å². The van der Waals surface area contributed by atoms with Crippen LogP contribution in [0.2, 0.25) is 0 Å². The van der Waals surface area contributed by atoms with Crippen molar-refractivity contribution in [1.29, 1.82) is 0 Å². The number of aryl methyl sites for hydroxylation is 1. The summed E-state index contributed by atoms with van der Waals surface area (Å²) in [7, 11) is 0. The molecule has 4 heteroatoms. The van der Waals surface area contributed by atoms with Gasteiger partial charge in [-0.1, -0.05) is 23.4 Å². The van der Waals surface area contributed by atoms with Crippen molar-refractivity contribution in [2.24, 2.45) is 23.2 Å². The molecule has 2 heterocycles. The minimum absolute atomic E-state index is 0.396. The molecule has 4 aliphatic rings. The first-order valence-electron chi connectivity index (χ1n) is 10.6. The summed E-state index contributed by atoms with van der Waals surface area (Å²) in [6.45, 7) is 0. The molecule has 140 valence electrons. The number of para-hydroxylation sites is 1. The van der Waals surface area contributed by atoms with E-state index in [0.717, 1.165) is 36.5 Å². The van der Waals surface area contributed by atoms with Crippen LogP contribution in [0.3, 0.4) is 0 Å². The zero-order chi connectivity index (χ0) is 17.8. The maximum Gasteiger partial charge on any atom is 0.230 e. The fourth-order valence-corrected chi connectivity index (χ4v) is 7.27. The number of rotatable bonds is 5. The van der Waals surface area contributed by atoms with Crippen molar-refractivity contribution in [2.75, 3.05) is 0 Å². The number of hydrogen-bond acceptors (Lipinski definition) is 3. The van der Waals surface area contributed by atoms with Crippen LogP contribution >= 0.6 is 0 Å². The SMILES string of the molecule is c1ccc2c(CC[C@H](c3ncno3)C34CC5CC(CC(C5)C3)C4)c[nH]c2c1. The minimum Gasteiger partial charge on any atom is -0.361 e. The number of nitrogens with one attached hydrogen (secondary N) is 1. The van der Waals surface area contributed by atoms with Crippen LogP contribution in [-0.2, 0) is 6.42 Å². The normalized spacial score (nSPS) is 33.0. The molecule has 4 saturated carbocycles. The van der Waals surface area contributed by atoms with Gasteiger partial charge in [0.05, 0.1) is 0 Å². The Bertz CT molecular complexity index is 906. The van der Waals surface area contributed by atoms with Crippen molar-refractivity contribution in [3.8, 4) is 0 Å². The molecule has 0 spiro atoms. The van der Waals surface area contributed by atoms with Crippen LogP contribution in [-0.4, -0.2) is 15.1 Å². The molecule has 0 radical (unpaired) electrons. The molecular formula is C23H27N3O. The van der Waals surface area contributed by atoms with Gasteiger partial charge in [-0.2, -0.15) is 4.98 Å². The van der Waals surface area contributed by atoms with Gasteiger partial charge in [0.15, 0.2) is 6.33 Å². The maximum atomic E-state index is 5.67. The molecule has 3 aromatic rings. The molecule has 0 aliphatic heterocycles. The Labute approximate surface area is 159 Å². The number of aromatic amines is 1. The minimum atomic E-state index is 0.396. The van der Waals surface area contributed by atoms with Gasteiger partial charge in [-0.15, -0.1) is 0 Å². The topological polar surface area (TPSA) is 54.7 Å². The van der Waals surface area contributed by atoms with Gasteiger partial charge in [0.25, 0.3) is 0 Å². The molecule has 4 fully saturated rings. The third-order valence-corrected chi connectivity index (χ3v) is 7.88. The summed E-state index contributed by atoms with van der Waals surface area (Å²) >= 11 is 0. The lowest BCUT2D eigenvalue weighted by molar-refractivity contribution is -0.0749. The third-order valence-electron chi connectivity index (χ3n) is 7.88.